The number of quaternary nitrogens is 1. The molecule has 26 heavy (non-hydrogen) atoms. The molecule has 0 saturated heterocycles. The molecular formula is C20H19Cl2NO3. The van der Waals surface area contributed by atoms with E-state index in [1.807, 2.05) is 0 Å². The Hall–Kier alpha value is -2.01. The average Bonchev–Trinajstić information content (AvgIpc) is 2.93. The average molecular weight is 392 g/mol. The third-order valence-corrected chi connectivity index (χ3v) is 5.14. The summed E-state index contributed by atoms with van der Waals surface area (Å²) in [5, 5.41) is 13.3. The molecular weight excluding hydrogens is 373 g/mol. The zero-order valence-electron chi connectivity index (χ0n) is 14.6. The number of ketones is 1. The fourth-order valence-electron chi connectivity index (χ4n) is 2.97. The Kier molecular flexibility index (Phi) is 5.56. The van der Waals surface area contributed by atoms with E-state index in [2.05, 4.69) is 13.8 Å². The number of hydrogen-bond donors (Lipinski definition) is 1. The molecule has 0 amide bonds. The van der Waals surface area contributed by atoms with Gasteiger partial charge in [0.05, 0.1) is 18.7 Å². The molecule has 1 heterocycles. The highest BCUT2D eigenvalue weighted by Gasteiger charge is 2.31. The predicted molar refractivity (Wildman–Crippen MR) is 101 cm³/mol. The summed E-state index contributed by atoms with van der Waals surface area (Å²) >= 11 is 12.1. The van der Waals surface area contributed by atoms with E-state index >= 15 is 0 Å². The molecule has 0 aliphatic carbocycles. The van der Waals surface area contributed by atoms with Gasteiger partial charge in [0.15, 0.2) is 5.76 Å². The number of carbonyl (C=O) groups is 1. The maximum Gasteiger partial charge on any atom is 0.231 e. The Morgan fingerprint density at radius 2 is 1.88 bits per heavy atom. The van der Waals surface area contributed by atoms with Crippen LogP contribution in [-0.2, 0) is 6.54 Å². The van der Waals surface area contributed by atoms with E-state index in [0.29, 0.717) is 39.0 Å². The maximum absolute atomic E-state index is 12.7. The molecule has 0 fully saturated rings. The van der Waals surface area contributed by atoms with E-state index in [4.69, 9.17) is 27.9 Å². The lowest BCUT2D eigenvalue weighted by Gasteiger charge is -2.21. The van der Waals surface area contributed by atoms with Crippen LogP contribution in [0.3, 0.4) is 0 Å². The van der Waals surface area contributed by atoms with Gasteiger partial charge in [-0.2, -0.15) is 0 Å². The zero-order valence-corrected chi connectivity index (χ0v) is 16.1. The first-order valence-corrected chi connectivity index (χ1v) is 9.25. The summed E-state index contributed by atoms with van der Waals surface area (Å²) < 4.78 is 5.82. The minimum absolute atomic E-state index is 0.110. The van der Waals surface area contributed by atoms with Crippen LogP contribution in [0, 0.1) is 0 Å². The van der Waals surface area contributed by atoms with Crippen LogP contribution < -0.4 is 14.7 Å². The quantitative estimate of drug-likeness (QED) is 0.796. The fourth-order valence-corrected chi connectivity index (χ4v) is 3.43. The molecule has 0 unspecified atom stereocenters. The molecule has 1 N–H and O–H groups in total. The highest BCUT2D eigenvalue weighted by Crippen LogP contribution is 2.38. The van der Waals surface area contributed by atoms with Gasteiger partial charge in [0.2, 0.25) is 5.78 Å². The summed E-state index contributed by atoms with van der Waals surface area (Å²) in [6, 6.07) is 7.99. The van der Waals surface area contributed by atoms with E-state index in [9.17, 15) is 9.90 Å². The molecule has 2 aromatic carbocycles. The lowest BCUT2D eigenvalue weighted by molar-refractivity contribution is -0.910. The van der Waals surface area contributed by atoms with Crippen molar-refractivity contribution in [2.24, 2.45) is 0 Å². The van der Waals surface area contributed by atoms with Crippen molar-refractivity contribution in [2.45, 2.75) is 20.4 Å². The second kappa shape index (κ2) is 7.70. The molecule has 0 spiro atoms. The summed E-state index contributed by atoms with van der Waals surface area (Å²) in [6.07, 6.45) is 1.58. The number of nitrogens with one attached hydrogen (secondary N) is 1. The van der Waals surface area contributed by atoms with Gasteiger partial charge >= 0.3 is 0 Å². The van der Waals surface area contributed by atoms with Crippen molar-refractivity contribution in [3.63, 3.8) is 0 Å². The molecule has 0 radical (unpaired) electrons. The molecule has 136 valence electrons. The minimum atomic E-state index is -0.248. The number of allylic oxidation sites excluding steroid dienone is 1. The SMILES string of the molecule is CC[NH+](CC)Cc1c([O-])ccc2c1OC(=Cc1ccc(Cl)cc1Cl)C2=O. The summed E-state index contributed by atoms with van der Waals surface area (Å²) in [6.45, 7) is 6.42. The largest absolute Gasteiger partial charge is 0.872 e. The number of ether oxygens (including phenoxy) is 1. The Bertz CT molecular complexity index is 889. The zero-order chi connectivity index (χ0) is 18.8. The van der Waals surface area contributed by atoms with E-state index < -0.39 is 0 Å². The predicted octanol–water partition coefficient (Wildman–Crippen LogP) is 3.11. The maximum atomic E-state index is 12.7. The van der Waals surface area contributed by atoms with E-state index in [0.717, 1.165) is 13.1 Å². The van der Waals surface area contributed by atoms with Gasteiger partial charge in [-0.25, -0.2) is 0 Å². The van der Waals surface area contributed by atoms with Gasteiger partial charge in [-0.3, -0.25) is 4.79 Å². The van der Waals surface area contributed by atoms with Gasteiger partial charge < -0.3 is 14.7 Å². The van der Waals surface area contributed by atoms with Gasteiger partial charge in [-0.1, -0.05) is 41.1 Å². The Labute approximate surface area is 162 Å². The lowest BCUT2D eigenvalue weighted by atomic mass is 10.0. The summed E-state index contributed by atoms with van der Waals surface area (Å²) in [4.78, 5) is 13.9. The van der Waals surface area contributed by atoms with Crippen molar-refractivity contribution in [1.82, 2.24) is 0 Å². The van der Waals surface area contributed by atoms with Gasteiger partial charge in [-0.05, 0) is 43.7 Å². The second-order valence-corrected chi connectivity index (χ2v) is 7.00. The number of fused-ring (bicyclic) bond motifs is 1. The van der Waals surface area contributed by atoms with Crippen LogP contribution >= 0.6 is 23.2 Å². The van der Waals surface area contributed by atoms with Crippen LogP contribution in [0.5, 0.6) is 11.5 Å². The van der Waals surface area contributed by atoms with Crippen molar-refractivity contribution in [2.75, 3.05) is 13.1 Å². The molecule has 3 rings (SSSR count). The van der Waals surface area contributed by atoms with Crippen molar-refractivity contribution >= 4 is 35.1 Å². The van der Waals surface area contributed by atoms with Crippen LogP contribution in [0.15, 0.2) is 36.1 Å². The van der Waals surface area contributed by atoms with E-state index in [-0.39, 0.29) is 17.3 Å². The van der Waals surface area contributed by atoms with Gasteiger partial charge in [-0.15, -0.1) is 0 Å². The highest BCUT2D eigenvalue weighted by atomic mass is 35.5. The molecule has 0 atom stereocenters. The van der Waals surface area contributed by atoms with Crippen LogP contribution in [0.25, 0.3) is 6.08 Å². The monoisotopic (exact) mass is 391 g/mol. The van der Waals surface area contributed by atoms with Crippen LogP contribution in [0.4, 0.5) is 0 Å². The number of Topliss-reactive ketones (excluding diaryl/α,β-unsaturated/α-hetero) is 1. The van der Waals surface area contributed by atoms with Crippen LogP contribution in [0.2, 0.25) is 10.0 Å². The van der Waals surface area contributed by atoms with Crippen molar-refractivity contribution in [3.05, 3.63) is 62.8 Å². The smallest absolute Gasteiger partial charge is 0.231 e. The number of carbonyl (C=O) groups excluding carboxylic acids is 1. The highest BCUT2D eigenvalue weighted by molar-refractivity contribution is 6.35. The normalized spacial score (nSPS) is 14.8. The summed E-state index contributed by atoms with van der Waals surface area (Å²) in [7, 11) is 0. The molecule has 0 saturated carbocycles. The van der Waals surface area contributed by atoms with Gasteiger partial charge in [0.1, 0.15) is 12.3 Å². The van der Waals surface area contributed by atoms with Crippen molar-refractivity contribution < 1.29 is 19.5 Å². The first-order valence-electron chi connectivity index (χ1n) is 8.50. The lowest BCUT2D eigenvalue weighted by Crippen LogP contribution is -3.10. The number of halogens is 2. The van der Waals surface area contributed by atoms with E-state index in [1.165, 1.54) is 17.0 Å². The Balaban J connectivity index is 1.99. The van der Waals surface area contributed by atoms with E-state index in [1.54, 1.807) is 24.3 Å². The fraction of sp³-hybridized carbons (Fsp3) is 0.250. The molecule has 2 aromatic rings. The summed E-state index contributed by atoms with van der Waals surface area (Å²) in [5.74, 6) is 0.174. The first kappa shape index (κ1) is 18.8. The third-order valence-electron chi connectivity index (χ3n) is 4.57. The Morgan fingerprint density at radius 3 is 2.54 bits per heavy atom. The van der Waals surface area contributed by atoms with Gasteiger partial charge in [0.25, 0.3) is 0 Å². The van der Waals surface area contributed by atoms with Crippen molar-refractivity contribution in [1.29, 1.82) is 0 Å². The number of hydrogen-bond acceptors (Lipinski definition) is 3. The minimum Gasteiger partial charge on any atom is -0.872 e. The molecule has 6 heteroatoms. The number of benzene rings is 2. The number of rotatable bonds is 5. The molecule has 1 aliphatic rings. The summed E-state index contributed by atoms with van der Waals surface area (Å²) in [5.41, 5.74) is 1.59. The van der Waals surface area contributed by atoms with Gasteiger partial charge in [0, 0.05) is 15.6 Å². The topological polar surface area (TPSA) is 53.8 Å². The first-order chi connectivity index (χ1) is 12.4. The Morgan fingerprint density at radius 1 is 1.15 bits per heavy atom. The molecule has 0 bridgehead atoms. The second-order valence-electron chi connectivity index (χ2n) is 6.16. The van der Waals surface area contributed by atoms with Crippen molar-refractivity contribution in [3.8, 4) is 11.5 Å². The van der Waals surface area contributed by atoms with Crippen LogP contribution in [-0.4, -0.2) is 18.9 Å². The molecule has 0 aromatic heterocycles. The van der Waals surface area contributed by atoms with Crippen LogP contribution in [0.1, 0.15) is 35.3 Å². The third kappa shape index (κ3) is 3.58. The molecule has 1 aliphatic heterocycles. The standard InChI is InChI=1S/C20H19Cl2NO3/c1-3-23(4-2)11-15-17(24)8-7-14-19(25)18(26-20(14)15)9-12-5-6-13(21)10-16(12)22/h5-10,24H,3-4,11H2,1-2H3. The molecule has 4 nitrogen and oxygen atoms in total.